The van der Waals surface area contributed by atoms with E-state index in [0.717, 1.165) is 25.0 Å². The summed E-state index contributed by atoms with van der Waals surface area (Å²) in [6.07, 6.45) is 5.52. The summed E-state index contributed by atoms with van der Waals surface area (Å²) in [5.74, 6) is -1.68. The van der Waals surface area contributed by atoms with E-state index in [1.807, 2.05) is 4.57 Å². The smallest absolute Gasteiger partial charge is 0.259 e. The lowest BCUT2D eigenvalue weighted by Crippen LogP contribution is -2.11. The second-order valence-electron chi connectivity index (χ2n) is 5.71. The van der Waals surface area contributed by atoms with Gasteiger partial charge >= 0.3 is 0 Å². The van der Waals surface area contributed by atoms with E-state index in [9.17, 15) is 13.6 Å². The maximum atomic E-state index is 13.6. The van der Waals surface area contributed by atoms with Gasteiger partial charge in [-0.2, -0.15) is 0 Å². The van der Waals surface area contributed by atoms with Gasteiger partial charge in [0.25, 0.3) is 5.91 Å². The molecule has 4 rings (SSSR count). The summed E-state index contributed by atoms with van der Waals surface area (Å²) in [6, 6.07) is 2.25. The van der Waals surface area contributed by atoms with Crippen LogP contribution in [0.15, 0.2) is 29.9 Å². The van der Waals surface area contributed by atoms with Crippen molar-refractivity contribution in [2.24, 2.45) is 5.92 Å². The van der Waals surface area contributed by atoms with E-state index in [4.69, 9.17) is 0 Å². The second-order valence-corrected chi connectivity index (χ2v) is 6.61. The lowest BCUT2D eigenvalue weighted by molar-refractivity contribution is 0.102. The van der Waals surface area contributed by atoms with Crippen molar-refractivity contribution < 1.29 is 13.6 Å². The van der Waals surface area contributed by atoms with Crippen LogP contribution in [0.4, 0.5) is 13.9 Å². The molecule has 0 bridgehead atoms. The molecule has 0 unspecified atom stereocenters. The van der Waals surface area contributed by atoms with Crippen LogP contribution in [0.2, 0.25) is 0 Å². The normalized spacial score (nSPS) is 14.3. The van der Waals surface area contributed by atoms with Crippen molar-refractivity contribution in [2.45, 2.75) is 19.4 Å². The van der Waals surface area contributed by atoms with E-state index < -0.39 is 11.6 Å². The third-order valence-electron chi connectivity index (χ3n) is 3.97. The lowest BCUT2D eigenvalue weighted by atomic mass is 10.1. The third kappa shape index (κ3) is 2.72. The van der Waals surface area contributed by atoms with Crippen LogP contribution < -0.4 is 5.32 Å². The molecule has 1 saturated carbocycles. The zero-order chi connectivity index (χ0) is 16.0. The number of hydrogen-bond donors (Lipinski definition) is 1. The molecule has 1 aliphatic rings. The summed E-state index contributed by atoms with van der Waals surface area (Å²) in [6.45, 7) is 0.714. The zero-order valence-corrected chi connectivity index (χ0v) is 12.9. The van der Waals surface area contributed by atoms with E-state index in [1.165, 1.54) is 11.3 Å². The minimum absolute atomic E-state index is 0.328. The summed E-state index contributed by atoms with van der Waals surface area (Å²) in [5.41, 5.74) is 0.870. The average molecular weight is 333 g/mol. The molecule has 0 atom stereocenters. The van der Waals surface area contributed by atoms with Crippen LogP contribution in [0.5, 0.6) is 0 Å². The summed E-state index contributed by atoms with van der Waals surface area (Å²) >= 11 is 1.30. The highest BCUT2D eigenvalue weighted by Gasteiger charge is 2.25. The Bertz CT molecular complexity index is 885. The number of anilines is 1. The third-order valence-corrected chi connectivity index (χ3v) is 4.66. The first-order valence-corrected chi connectivity index (χ1v) is 8.18. The van der Waals surface area contributed by atoms with Crippen molar-refractivity contribution in [3.63, 3.8) is 0 Å². The van der Waals surface area contributed by atoms with E-state index in [0.29, 0.717) is 34.1 Å². The van der Waals surface area contributed by atoms with Gasteiger partial charge in [-0.1, -0.05) is 0 Å². The molecule has 7 heteroatoms. The highest BCUT2D eigenvalue weighted by atomic mass is 32.1. The maximum Gasteiger partial charge on any atom is 0.259 e. The largest absolute Gasteiger partial charge is 0.346 e. The molecule has 1 fully saturated rings. The molecule has 2 aromatic heterocycles. The number of rotatable bonds is 4. The number of hydrogen-bond acceptors (Lipinski definition) is 3. The SMILES string of the molecule is O=C(Nc1nccs1)c1cn(CC2CC2)c2cc(F)c(F)cc12. The van der Waals surface area contributed by atoms with Gasteiger partial charge in [0.15, 0.2) is 16.8 Å². The first kappa shape index (κ1) is 14.3. The molecule has 1 amide bonds. The first-order chi connectivity index (χ1) is 11.1. The molecule has 1 aromatic carbocycles. The molecule has 0 radical (unpaired) electrons. The van der Waals surface area contributed by atoms with Gasteiger partial charge in [-0.05, 0) is 24.8 Å². The molecule has 1 aliphatic carbocycles. The molecule has 0 saturated heterocycles. The van der Waals surface area contributed by atoms with E-state index in [2.05, 4.69) is 10.3 Å². The molecule has 2 heterocycles. The number of amides is 1. The van der Waals surface area contributed by atoms with Crippen LogP contribution in [0.1, 0.15) is 23.2 Å². The predicted octanol–water partition coefficient (Wildman–Crippen LogP) is 4.04. The number of benzene rings is 1. The van der Waals surface area contributed by atoms with Crippen molar-refractivity contribution in [3.8, 4) is 0 Å². The van der Waals surface area contributed by atoms with Crippen molar-refractivity contribution in [1.82, 2.24) is 9.55 Å². The Labute approximate surface area is 134 Å². The molecular formula is C16H13F2N3OS. The Hall–Kier alpha value is -2.28. The van der Waals surface area contributed by atoms with Gasteiger partial charge in [-0.15, -0.1) is 11.3 Å². The fourth-order valence-corrected chi connectivity index (χ4v) is 3.17. The van der Waals surface area contributed by atoms with Crippen LogP contribution >= 0.6 is 11.3 Å². The Balaban J connectivity index is 1.78. The minimum atomic E-state index is -0.954. The van der Waals surface area contributed by atoms with Crippen LogP contribution in [0.25, 0.3) is 10.9 Å². The number of halogens is 2. The van der Waals surface area contributed by atoms with Gasteiger partial charge in [-0.3, -0.25) is 10.1 Å². The van der Waals surface area contributed by atoms with Gasteiger partial charge in [0, 0.05) is 35.8 Å². The van der Waals surface area contributed by atoms with Crippen LogP contribution in [-0.2, 0) is 6.54 Å². The number of carbonyl (C=O) groups is 1. The van der Waals surface area contributed by atoms with Gasteiger partial charge in [0.05, 0.1) is 11.1 Å². The number of nitrogens with one attached hydrogen (secondary N) is 1. The quantitative estimate of drug-likeness (QED) is 0.783. The molecule has 4 nitrogen and oxygen atoms in total. The first-order valence-electron chi connectivity index (χ1n) is 7.30. The van der Waals surface area contributed by atoms with Crippen molar-refractivity contribution in [1.29, 1.82) is 0 Å². The van der Waals surface area contributed by atoms with E-state index in [-0.39, 0.29) is 5.91 Å². The number of thiazole rings is 1. The van der Waals surface area contributed by atoms with Gasteiger partial charge in [0.2, 0.25) is 0 Å². The second kappa shape index (κ2) is 5.42. The summed E-state index contributed by atoms with van der Waals surface area (Å²) in [7, 11) is 0. The van der Waals surface area contributed by atoms with Gasteiger partial charge in [0.1, 0.15) is 0 Å². The molecule has 3 aromatic rings. The number of fused-ring (bicyclic) bond motifs is 1. The maximum absolute atomic E-state index is 13.6. The summed E-state index contributed by atoms with van der Waals surface area (Å²) < 4.78 is 29.1. The summed E-state index contributed by atoms with van der Waals surface area (Å²) in [4.78, 5) is 16.5. The van der Waals surface area contributed by atoms with E-state index >= 15 is 0 Å². The van der Waals surface area contributed by atoms with Crippen molar-refractivity contribution >= 4 is 33.3 Å². The van der Waals surface area contributed by atoms with Crippen molar-refractivity contribution in [3.05, 3.63) is 47.1 Å². The van der Waals surface area contributed by atoms with Crippen LogP contribution in [-0.4, -0.2) is 15.5 Å². The molecule has 118 valence electrons. The Kier molecular flexibility index (Phi) is 3.37. The molecule has 0 spiro atoms. The van der Waals surface area contributed by atoms with E-state index in [1.54, 1.807) is 17.8 Å². The lowest BCUT2D eigenvalue weighted by Gasteiger charge is -2.03. The van der Waals surface area contributed by atoms with Crippen LogP contribution in [0.3, 0.4) is 0 Å². The topological polar surface area (TPSA) is 46.9 Å². The monoisotopic (exact) mass is 333 g/mol. The minimum Gasteiger partial charge on any atom is -0.346 e. The fraction of sp³-hybridized carbons (Fsp3) is 0.250. The summed E-state index contributed by atoms with van der Waals surface area (Å²) in [5, 5.41) is 5.32. The number of carbonyl (C=O) groups excluding carboxylic acids is 1. The Morgan fingerprint density at radius 1 is 1.35 bits per heavy atom. The Morgan fingerprint density at radius 3 is 2.83 bits per heavy atom. The molecular weight excluding hydrogens is 320 g/mol. The molecule has 0 aliphatic heterocycles. The van der Waals surface area contributed by atoms with Gasteiger partial charge in [-0.25, -0.2) is 13.8 Å². The number of aromatic nitrogens is 2. The fourth-order valence-electron chi connectivity index (χ4n) is 2.64. The highest BCUT2D eigenvalue weighted by molar-refractivity contribution is 7.13. The zero-order valence-electron chi connectivity index (χ0n) is 12.1. The average Bonchev–Trinajstić information content (AvgIpc) is 3.07. The molecule has 23 heavy (non-hydrogen) atoms. The predicted molar refractivity (Wildman–Crippen MR) is 84.6 cm³/mol. The molecule has 1 N–H and O–H groups in total. The van der Waals surface area contributed by atoms with Crippen LogP contribution in [0, 0.1) is 17.6 Å². The number of nitrogens with zero attached hydrogens (tertiary/aromatic N) is 2. The van der Waals surface area contributed by atoms with Crippen molar-refractivity contribution in [2.75, 3.05) is 5.32 Å². The Morgan fingerprint density at radius 2 is 2.13 bits per heavy atom. The highest BCUT2D eigenvalue weighted by Crippen LogP contribution is 2.33. The standard InChI is InChI=1S/C16H13F2N3OS/c17-12-5-10-11(15(22)20-16-19-3-4-23-16)8-21(7-9-1-2-9)14(10)6-13(12)18/h3-6,8-9H,1-2,7H2,(H,19,20,22). The van der Waals surface area contributed by atoms with Gasteiger partial charge < -0.3 is 4.57 Å².